The van der Waals surface area contributed by atoms with Crippen molar-refractivity contribution in [3.8, 4) is 5.75 Å². The van der Waals surface area contributed by atoms with Gasteiger partial charge in [-0.15, -0.1) is 11.8 Å². The van der Waals surface area contributed by atoms with E-state index in [4.69, 9.17) is 4.74 Å². The highest BCUT2D eigenvalue weighted by molar-refractivity contribution is 7.98. The quantitative estimate of drug-likeness (QED) is 0.340. The van der Waals surface area contributed by atoms with Gasteiger partial charge in [-0.1, -0.05) is 36.8 Å². The third-order valence-corrected chi connectivity index (χ3v) is 8.13. The van der Waals surface area contributed by atoms with Gasteiger partial charge in [0, 0.05) is 4.90 Å². The van der Waals surface area contributed by atoms with Crippen LogP contribution in [0.1, 0.15) is 37.4 Å². The highest BCUT2D eigenvalue weighted by Gasteiger charge is 2.28. The first kappa shape index (κ1) is 26.6. The molecule has 1 N–H and O–H groups in total. The van der Waals surface area contributed by atoms with Gasteiger partial charge in [-0.3, -0.25) is 9.10 Å². The lowest BCUT2D eigenvalue weighted by molar-refractivity contribution is -0.120. The number of nitrogens with one attached hydrogen (secondary N) is 1. The molecule has 0 fully saturated rings. The number of anilines is 1. The SMILES string of the molecule is CCOc1ccc(N(CC(=O)NC(CC)c2ccc(C)cc2)S(=O)(=O)c2ccc(SC)cc2)cc1. The van der Waals surface area contributed by atoms with E-state index < -0.39 is 10.0 Å². The van der Waals surface area contributed by atoms with E-state index in [1.54, 1.807) is 48.5 Å². The van der Waals surface area contributed by atoms with Crippen LogP contribution < -0.4 is 14.4 Å². The summed E-state index contributed by atoms with van der Waals surface area (Å²) in [6.45, 7) is 6.03. The normalized spacial score (nSPS) is 12.1. The van der Waals surface area contributed by atoms with Gasteiger partial charge in [0.2, 0.25) is 5.91 Å². The topological polar surface area (TPSA) is 75.7 Å². The van der Waals surface area contributed by atoms with Gasteiger partial charge >= 0.3 is 0 Å². The van der Waals surface area contributed by atoms with Crippen molar-refractivity contribution in [1.82, 2.24) is 5.32 Å². The van der Waals surface area contributed by atoms with Crippen LogP contribution in [0.4, 0.5) is 5.69 Å². The van der Waals surface area contributed by atoms with Crippen molar-refractivity contribution in [2.75, 3.05) is 23.7 Å². The second kappa shape index (κ2) is 12.1. The summed E-state index contributed by atoms with van der Waals surface area (Å²) in [7, 11) is -3.99. The zero-order valence-electron chi connectivity index (χ0n) is 20.5. The summed E-state index contributed by atoms with van der Waals surface area (Å²) in [6, 6.07) is 21.1. The Morgan fingerprint density at radius 2 is 1.60 bits per heavy atom. The number of sulfonamides is 1. The van der Waals surface area contributed by atoms with Crippen LogP contribution in [0.3, 0.4) is 0 Å². The lowest BCUT2D eigenvalue weighted by Crippen LogP contribution is -2.42. The standard InChI is InChI=1S/C27H32N2O4S2/c1-5-26(21-9-7-20(3)8-10-21)28-27(30)19-29(22-11-13-23(14-12-22)33-6-2)35(31,32)25-17-15-24(34-4)16-18-25/h7-18,26H,5-6,19H2,1-4H3,(H,28,30). The van der Waals surface area contributed by atoms with Gasteiger partial charge in [-0.25, -0.2) is 8.42 Å². The average molecular weight is 513 g/mol. The van der Waals surface area contributed by atoms with Crippen molar-refractivity contribution in [3.63, 3.8) is 0 Å². The van der Waals surface area contributed by atoms with Crippen LogP contribution in [0, 0.1) is 6.92 Å². The predicted octanol–water partition coefficient (Wildman–Crippen LogP) is 5.58. The Morgan fingerprint density at radius 3 is 2.14 bits per heavy atom. The molecule has 1 unspecified atom stereocenters. The second-order valence-electron chi connectivity index (χ2n) is 8.05. The van der Waals surface area contributed by atoms with Crippen molar-refractivity contribution >= 4 is 33.4 Å². The van der Waals surface area contributed by atoms with Crippen molar-refractivity contribution in [2.24, 2.45) is 0 Å². The minimum absolute atomic E-state index is 0.127. The summed E-state index contributed by atoms with van der Waals surface area (Å²) in [5, 5.41) is 3.00. The Kier molecular flexibility index (Phi) is 9.23. The Morgan fingerprint density at radius 1 is 0.971 bits per heavy atom. The van der Waals surface area contributed by atoms with Gasteiger partial charge in [0.25, 0.3) is 10.0 Å². The third-order valence-electron chi connectivity index (χ3n) is 5.59. The van der Waals surface area contributed by atoms with Gasteiger partial charge in [-0.2, -0.15) is 0 Å². The number of aryl methyl sites for hydroxylation is 1. The fourth-order valence-electron chi connectivity index (χ4n) is 3.66. The average Bonchev–Trinajstić information content (AvgIpc) is 2.87. The highest BCUT2D eigenvalue weighted by Crippen LogP contribution is 2.27. The van der Waals surface area contributed by atoms with Gasteiger partial charge in [0.05, 0.1) is 23.2 Å². The molecule has 8 heteroatoms. The zero-order chi connectivity index (χ0) is 25.4. The Balaban J connectivity index is 1.91. The minimum Gasteiger partial charge on any atom is -0.494 e. The number of carbonyl (C=O) groups excluding carboxylic acids is 1. The molecule has 0 aromatic heterocycles. The van der Waals surface area contributed by atoms with Gasteiger partial charge < -0.3 is 10.1 Å². The maximum absolute atomic E-state index is 13.6. The molecule has 0 heterocycles. The molecular weight excluding hydrogens is 480 g/mol. The number of amides is 1. The molecule has 35 heavy (non-hydrogen) atoms. The monoisotopic (exact) mass is 512 g/mol. The fraction of sp³-hybridized carbons (Fsp3) is 0.296. The number of rotatable bonds is 11. The highest BCUT2D eigenvalue weighted by atomic mass is 32.2. The van der Waals surface area contributed by atoms with Crippen LogP contribution in [0.15, 0.2) is 82.6 Å². The van der Waals surface area contributed by atoms with E-state index in [0.29, 0.717) is 24.5 Å². The van der Waals surface area contributed by atoms with E-state index in [0.717, 1.165) is 20.3 Å². The lowest BCUT2D eigenvalue weighted by atomic mass is 10.0. The molecule has 0 aliphatic heterocycles. The molecule has 186 valence electrons. The first-order valence-corrected chi connectivity index (χ1v) is 14.2. The van der Waals surface area contributed by atoms with E-state index in [2.05, 4.69) is 5.32 Å². The summed E-state index contributed by atoms with van der Waals surface area (Å²) >= 11 is 1.53. The van der Waals surface area contributed by atoms with Crippen LogP contribution in [0.5, 0.6) is 5.75 Å². The zero-order valence-corrected chi connectivity index (χ0v) is 22.2. The third kappa shape index (κ3) is 6.80. The van der Waals surface area contributed by atoms with Crippen LogP contribution in [0.2, 0.25) is 0 Å². The van der Waals surface area contributed by atoms with E-state index >= 15 is 0 Å². The van der Waals surface area contributed by atoms with E-state index in [1.807, 2.05) is 51.3 Å². The summed E-state index contributed by atoms with van der Waals surface area (Å²) in [4.78, 5) is 14.2. The van der Waals surface area contributed by atoms with Crippen molar-refractivity contribution in [3.05, 3.63) is 83.9 Å². The maximum atomic E-state index is 13.6. The largest absolute Gasteiger partial charge is 0.494 e. The van der Waals surface area contributed by atoms with Crippen molar-refractivity contribution < 1.29 is 17.9 Å². The lowest BCUT2D eigenvalue weighted by Gasteiger charge is -2.26. The fourth-order valence-corrected chi connectivity index (χ4v) is 5.48. The Bertz CT molecular complexity index is 1210. The van der Waals surface area contributed by atoms with Crippen LogP contribution in [0.25, 0.3) is 0 Å². The smallest absolute Gasteiger partial charge is 0.264 e. The summed E-state index contributed by atoms with van der Waals surface area (Å²) in [5.74, 6) is 0.253. The summed E-state index contributed by atoms with van der Waals surface area (Å²) in [6.07, 6.45) is 2.61. The Hall–Kier alpha value is -2.97. The number of carbonyl (C=O) groups is 1. The molecule has 1 atom stereocenters. The molecule has 6 nitrogen and oxygen atoms in total. The maximum Gasteiger partial charge on any atom is 0.264 e. The minimum atomic E-state index is -3.99. The molecule has 0 bridgehead atoms. The summed E-state index contributed by atoms with van der Waals surface area (Å²) < 4.78 is 33.9. The molecule has 3 aromatic carbocycles. The Labute approximate surface area is 212 Å². The van der Waals surface area contributed by atoms with Crippen molar-refractivity contribution in [1.29, 1.82) is 0 Å². The second-order valence-corrected chi connectivity index (χ2v) is 10.8. The molecule has 0 saturated carbocycles. The molecule has 0 aliphatic carbocycles. The van der Waals surface area contributed by atoms with Gasteiger partial charge in [0.15, 0.2) is 0 Å². The molecule has 3 aromatic rings. The number of ether oxygens (including phenoxy) is 1. The van der Waals surface area contributed by atoms with Crippen LogP contribution in [-0.2, 0) is 14.8 Å². The molecule has 0 saturated heterocycles. The molecular formula is C27H32N2O4S2. The first-order valence-electron chi connectivity index (χ1n) is 11.5. The number of hydrogen-bond donors (Lipinski definition) is 1. The van der Waals surface area contributed by atoms with Gasteiger partial charge in [-0.05, 0) is 80.6 Å². The number of thioether (sulfide) groups is 1. The molecule has 0 spiro atoms. The first-order chi connectivity index (χ1) is 16.8. The summed E-state index contributed by atoms with van der Waals surface area (Å²) in [5.41, 5.74) is 2.51. The van der Waals surface area contributed by atoms with Crippen molar-refractivity contribution in [2.45, 2.75) is 43.0 Å². The van der Waals surface area contributed by atoms with E-state index in [1.165, 1.54) is 11.8 Å². The molecule has 3 rings (SSSR count). The number of nitrogens with zero attached hydrogens (tertiary/aromatic N) is 1. The van der Waals surface area contributed by atoms with Crippen LogP contribution in [-0.4, -0.2) is 33.7 Å². The molecule has 0 aliphatic rings. The molecule has 0 radical (unpaired) electrons. The number of hydrogen-bond acceptors (Lipinski definition) is 5. The van der Waals surface area contributed by atoms with E-state index in [-0.39, 0.29) is 23.4 Å². The van der Waals surface area contributed by atoms with E-state index in [9.17, 15) is 13.2 Å². The van der Waals surface area contributed by atoms with Crippen LogP contribution >= 0.6 is 11.8 Å². The van der Waals surface area contributed by atoms with Gasteiger partial charge in [0.1, 0.15) is 12.3 Å². The number of benzene rings is 3. The predicted molar refractivity (Wildman–Crippen MR) is 143 cm³/mol. The molecule has 1 amide bonds.